The topological polar surface area (TPSA) is 74.7 Å². The van der Waals surface area contributed by atoms with E-state index >= 15 is 0 Å². The molecule has 17 heavy (non-hydrogen) atoms. The fourth-order valence-corrected chi connectivity index (χ4v) is 1.66. The van der Waals surface area contributed by atoms with E-state index in [9.17, 15) is 0 Å². The van der Waals surface area contributed by atoms with Crippen molar-refractivity contribution in [2.75, 3.05) is 19.0 Å². The van der Waals surface area contributed by atoms with Crippen LogP contribution in [0.3, 0.4) is 0 Å². The molecule has 0 radical (unpaired) electrons. The molecule has 1 aromatic carbocycles. The molecule has 0 aliphatic carbocycles. The fraction of sp³-hybridized carbons (Fsp3) is 0.167. The van der Waals surface area contributed by atoms with Gasteiger partial charge in [0.2, 0.25) is 0 Å². The first-order chi connectivity index (χ1) is 8.13. The molecule has 0 atom stereocenters. The van der Waals surface area contributed by atoms with Crippen molar-refractivity contribution in [3.05, 3.63) is 35.9 Å². The summed E-state index contributed by atoms with van der Waals surface area (Å²) < 4.78 is 0. The highest BCUT2D eigenvalue weighted by atomic mass is 16.4. The van der Waals surface area contributed by atoms with Crippen LogP contribution in [0.1, 0.15) is 5.56 Å². The van der Waals surface area contributed by atoms with Gasteiger partial charge < -0.3 is 15.8 Å². The van der Waals surface area contributed by atoms with E-state index in [1.54, 1.807) is 6.07 Å². The van der Waals surface area contributed by atoms with E-state index < -0.39 is 0 Å². The van der Waals surface area contributed by atoms with Gasteiger partial charge in [-0.05, 0) is 12.1 Å². The number of benzene rings is 1. The molecule has 2 aromatic rings. The van der Waals surface area contributed by atoms with Gasteiger partial charge >= 0.3 is 0 Å². The molecule has 0 amide bonds. The molecule has 3 N–H and O–H groups in total. The van der Waals surface area contributed by atoms with E-state index in [1.165, 1.54) is 0 Å². The maximum Gasteiger partial charge on any atom is 0.170 e. The largest absolute Gasteiger partial charge is 0.409 e. The third-order valence-electron chi connectivity index (χ3n) is 2.54. The minimum Gasteiger partial charge on any atom is -0.409 e. The molecular formula is C12H14N4O. The van der Waals surface area contributed by atoms with Gasteiger partial charge in [-0.15, -0.1) is 0 Å². The Bertz CT molecular complexity index is 578. The number of nitrogens with two attached hydrogens (primary N) is 1. The third kappa shape index (κ3) is 1.99. The average molecular weight is 230 g/mol. The summed E-state index contributed by atoms with van der Waals surface area (Å²) >= 11 is 0. The molecule has 0 spiro atoms. The number of para-hydroxylation sites is 1. The highest BCUT2D eigenvalue weighted by Gasteiger charge is 2.09. The summed E-state index contributed by atoms with van der Waals surface area (Å²) in [6.07, 6.45) is 0. The highest BCUT2D eigenvalue weighted by Crippen LogP contribution is 2.21. The van der Waals surface area contributed by atoms with Crippen molar-refractivity contribution in [3.63, 3.8) is 0 Å². The maximum atomic E-state index is 8.81. The lowest BCUT2D eigenvalue weighted by Crippen LogP contribution is -2.17. The smallest absolute Gasteiger partial charge is 0.170 e. The number of aromatic nitrogens is 1. The molecule has 0 unspecified atom stereocenters. The first kappa shape index (κ1) is 11.2. The van der Waals surface area contributed by atoms with E-state index in [2.05, 4.69) is 10.1 Å². The molecule has 0 fully saturated rings. The normalized spacial score (nSPS) is 11.8. The number of pyridine rings is 1. The van der Waals surface area contributed by atoms with Crippen molar-refractivity contribution in [2.24, 2.45) is 10.9 Å². The van der Waals surface area contributed by atoms with Crippen LogP contribution in [0.2, 0.25) is 0 Å². The van der Waals surface area contributed by atoms with Crippen LogP contribution < -0.4 is 10.6 Å². The molecule has 0 saturated carbocycles. The number of hydrogen-bond acceptors (Lipinski definition) is 4. The second-order valence-corrected chi connectivity index (χ2v) is 3.92. The minimum atomic E-state index is 0.0895. The average Bonchev–Trinajstić information content (AvgIpc) is 2.36. The number of oxime groups is 1. The molecule has 1 aromatic heterocycles. The SMILES string of the molecule is CN(C)c1cc(C(N)=NO)c2ccccc2n1. The van der Waals surface area contributed by atoms with Crippen LogP contribution in [-0.2, 0) is 0 Å². The summed E-state index contributed by atoms with van der Waals surface area (Å²) in [6, 6.07) is 9.40. The van der Waals surface area contributed by atoms with Gasteiger partial charge in [-0.25, -0.2) is 4.98 Å². The molecule has 5 nitrogen and oxygen atoms in total. The van der Waals surface area contributed by atoms with Gasteiger partial charge in [0.05, 0.1) is 5.52 Å². The van der Waals surface area contributed by atoms with Gasteiger partial charge in [-0.2, -0.15) is 0 Å². The van der Waals surface area contributed by atoms with E-state index in [-0.39, 0.29) is 5.84 Å². The Morgan fingerprint density at radius 2 is 2.06 bits per heavy atom. The second-order valence-electron chi connectivity index (χ2n) is 3.92. The van der Waals surface area contributed by atoms with Gasteiger partial charge in [0.25, 0.3) is 0 Å². The second kappa shape index (κ2) is 4.29. The van der Waals surface area contributed by atoms with Crippen LogP contribution in [0.4, 0.5) is 5.82 Å². The zero-order chi connectivity index (χ0) is 12.4. The fourth-order valence-electron chi connectivity index (χ4n) is 1.66. The zero-order valence-corrected chi connectivity index (χ0v) is 9.75. The maximum absolute atomic E-state index is 8.81. The van der Waals surface area contributed by atoms with Gasteiger partial charge in [-0.3, -0.25) is 0 Å². The van der Waals surface area contributed by atoms with Gasteiger partial charge in [-0.1, -0.05) is 23.4 Å². The molecule has 0 aliphatic rings. The standard InChI is InChI=1S/C12H14N4O/c1-16(2)11-7-9(12(13)15-17)8-5-3-4-6-10(8)14-11/h3-7,17H,1-2H3,(H2,13,15). The van der Waals surface area contributed by atoms with E-state index in [4.69, 9.17) is 10.9 Å². The predicted octanol–water partition coefficient (Wildman–Crippen LogP) is 1.40. The van der Waals surface area contributed by atoms with Gasteiger partial charge in [0.15, 0.2) is 5.84 Å². The Kier molecular flexibility index (Phi) is 2.82. The van der Waals surface area contributed by atoms with Crippen molar-refractivity contribution in [2.45, 2.75) is 0 Å². The first-order valence-corrected chi connectivity index (χ1v) is 5.18. The van der Waals surface area contributed by atoms with Crippen LogP contribution in [0.25, 0.3) is 10.9 Å². The molecule has 0 bridgehead atoms. The Labute approximate surface area is 99.2 Å². The lowest BCUT2D eigenvalue weighted by atomic mass is 10.1. The first-order valence-electron chi connectivity index (χ1n) is 5.18. The van der Waals surface area contributed by atoms with Crippen molar-refractivity contribution < 1.29 is 5.21 Å². The summed E-state index contributed by atoms with van der Waals surface area (Å²) in [5, 5.41) is 12.7. The van der Waals surface area contributed by atoms with Crippen molar-refractivity contribution in [1.29, 1.82) is 0 Å². The number of nitrogens with zero attached hydrogens (tertiary/aromatic N) is 3. The quantitative estimate of drug-likeness (QED) is 0.354. The summed E-state index contributed by atoms with van der Waals surface area (Å²) in [7, 11) is 3.79. The molecule has 0 saturated heterocycles. The number of fused-ring (bicyclic) bond motifs is 1. The van der Waals surface area contributed by atoms with Crippen LogP contribution in [0.5, 0.6) is 0 Å². The highest BCUT2D eigenvalue weighted by molar-refractivity contribution is 6.08. The van der Waals surface area contributed by atoms with E-state index in [0.29, 0.717) is 5.56 Å². The lowest BCUT2D eigenvalue weighted by Gasteiger charge is -2.14. The van der Waals surface area contributed by atoms with E-state index in [1.807, 2.05) is 43.3 Å². The third-order valence-corrected chi connectivity index (χ3v) is 2.54. The Morgan fingerprint density at radius 3 is 2.71 bits per heavy atom. The van der Waals surface area contributed by atoms with Gasteiger partial charge in [0.1, 0.15) is 5.82 Å². The van der Waals surface area contributed by atoms with E-state index in [0.717, 1.165) is 16.7 Å². The Balaban J connectivity index is 2.78. The summed E-state index contributed by atoms with van der Waals surface area (Å²) in [6.45, 7) is 0. The summed E-state index contributed by atoms with van der Waals surface area (Å²) in [5.74, 6) is 0.858. The monoisotopic (exact) mass is 230 g/mol. The number of hydrogen-bond donors (Lipinski definition) is 2. The predicted molar refractivity (Wildman–Crippen MR) is 68.6 cm³/mol. The number of rotatable bonds is 2. The van der Waals surface area contributed by atoms with Crippen LogP contribution in [-0.4, -0.2) is 30.1 Å². The molecular weight excluding hydrogens is 216 g/mol. The number of anilines is 1. The summed E-state index contributed by atoms with van der Waals surface area (Å²) in [4.78, 5) is 6.36. The molecule has 0 aliphatic heterocycles. The zero-order valence-electron chi connectivity index (χ0n) is 9.75. The molecule has 88 valence electrons. The molecule has 1 heterocycles. The van der Waals surface area contributed by atoms with Crippen molar-refractivity contribution in [3.8, 4) is 0 Å². The Hall–Kier alpha value is -2.30. The van der Waals surface area contributed by atoms with Crippen LogP contribution >= 0.6 is 0 Å². The van der Waals surface area contributed by atoms with Crippen molar-refractivity contribution in [1.82, 2.24) is 4.98 Å². The van der Waals surface area contributed by atoms with Crippen LogP contribution in [0, 0.1) is 0 Å². The summed E-state index contributed by atoms with van der Waals surface area (Å²) in [5.41, 5.74) is 7.19. The lowest BCUT2D eigenvalue weighted by molar-refractivity contribution is 0.318. The minimum absolute atomic E-state index is 0.0895. The molecule has 5 heteroatoms. The number of amidine groups is 1. The van der Waals surface area contributed by atoms with Crippen molar-refractivity contribution >= 4 is 22.6 Å². The molecule has 2 rings (SSSR count). The van der Waals surface area contributed by atoms with Gasteiger partial charge in [0, 0.05) is 25.0 Å². The Morgan fingerprint density at radius 1 is 1.35 bits per heavy atom. The van der Waals surface area contributed by atoms with Crippen LogP contribution in [0.15, 0.2) is 35.5 Å².